The summed E-state index contributed by atoms with van der Waals surface area (Å²) >= 11 is 0. The zero-order chi connectivity index (χ0) is 46.5. The second kappa shape index (κ2) is 22.1. The van der Waals surface area contributed by atoms with Crippen molar-refractivity contribution in [2.45, 2.75) is 51.2 Å². The van der Waals surface area contributed by atoms with Crippen LogP contribution in [0.5, 0.6) is 46.0 Å². The summed E-state index contributed by atoms with van der Waals surface area (Å²) in [5.41, 5.74) is 7.33. The Hall–Kier alpha value is -7.88. The molecule has 9 nitrogen and oxygen atoms in total. The van der Waals surface area contributed by atoms with Gasteiger partial charge < -0.3 is 42.6 Å². The van der Waals surface area contributed by atoms with Gasteiger partial charge in [0.15, 0.2) is 17.6 Å². The average molecular weight is 907 g/mol. The summed E-state index contributed by atoms with van der Waals surface area (Å²) in [6, 6.07) is 64.0. The molecule has 344 valence electrons. The smallest absolute Gasteiger partial charge is 0.162 e. The van der Waals surface area contributed by atoms with Crippen LogP contribution in [0.1, 0.15) is 56.5 Å². The standard InChI is InChI=1S/C59H54O9/c1-60-47-32-51(61-2)55(52(33-47)62-3)57-56-53(66-39-44-25-15-7-16-26-44)34-48(63-36-41-19-9-4-10-20-41)35-54(56)68-58(59(57)67-40-45-27-17-8-18-28-45)46-29-30-49(64-37-42-21-11-5-12-22-42)50(31-46)65-38-43-23-13-6-14-24-43/h4-35,57-59H,36-40H2,1-3H3/t57-,58-,59-/m1/s1. The second-order valence-electron chi connectivity index (χ2n) is 16.4. The molecule has 0 bridgehead atoms. The first kappa shape index (κ1) is 45.3. The van der Waals surface area contributed by atoms with E-state index >= 15 is 0 Å². The van der Waals surface area contributed by atoms with E-state index < -0.39 is 18.1 Å². The maximum absolute atomic E-state index is 7.35. The lowest BCUT2D eigenvalue weighted by atomic mass is 9.78. The molecule has 1 aliphatic heterocycles. The van der Waals surface area contributed by atoms with E-state index in [4.69, 9.17) is 42.6 Å². The van der Waals surface area contributed by atoms with Crippen LogP contribution < -0.4 is 37.9 Å². The number of rotatable bonds is 20. The summed E-state index contributed by atoms with van der Waals surface area (Å²) in [5, 5.41) is 0. The van der Waals surface area contributed by atoms with E-state index in [-0.39, 0.29) is 13.2 Å². The number of benzene rings is 8. The molecule has 0 amide bonds. The summed E-state index contributed by atoms with van der Waals surface area (Å²) in [5.74, 6) is 3.87. The fourth-order valence-corrected chi connectivity index (χ4v) is 8.46. The Morgan fingerprint density at radius 2 is 0.809 bits per heavy atom. The van der Waals surface area contributed by atoms with Gasteiger partial charge in [-0.3, -0.25) is 0 Å². The number of hydrogen-bond acceptors (Lipinski definition) is 9. The summed E-state index contributed by atoms with van der Waals surface area (Å²) < 4.78 is 59.5. The first-order chi connectivity index (χ1) is 33.6. The SMILES string of the molecule is COc1cc(OC)c([C@@H]2c3c(OCc4ccccc4)cc(OCc4ccccc4)cc3O[C@H](c3ccc(OCc4ccccc4)c(OCc4ccccc4)c3)[C@@H]2OCc2ccccc2)c(OC)c1. The third-order valence-corrected chi connectivity index (χ3v) is 11.9. The fourth-order valence-electron chi connectivity index (χ4n) is 8.46. The van der Waals surface area contributed by atoms with Crippen LogP contribution in [0, 0.1) is 0 Å². The lowest BCUT2D eigenvalue weighted by Crippen LogP contribution is -2.38. The first-order valence-corrected chi connectivity index (χ1v) is 22.7. The van der Waals surface area contributed by atoms with Crippen LogP contribution >= 0.6 is 0 Å². The normalized spacial score (nSPS) is 15.0. The minimum absolute atomic E-state index is 0.270. The third-order valence-electron chi connectivity index (χ3n) is 11.9. The van der Waals surface area contributed by atoms with E-state index in [1.54, 1.807) is 21.3 Å². The van der Waals surface area contributed by atoms with Crippen molar-refractivity contribution in [3.05, 3.63) is 239 Å². The quantitative estimate of drug-likeness (QED) is 0.0742. The molecule has 9 rings (SSSR count). The molecule has 0 spiro atoms. The van der Waals surface area contributed by atoms with Gasteiger partial charge in [0.1, 0.15) is 67.0 Å². The van der Waals surface area contributed by atoms with Gasteiger partial charge in [0.2, 0.25) is 0 Å². The molecule has 68 heavy (non-hydrogen) atoms. The Labute approximate surface area is 398 Å². The summed E-state index contributed by atoms with van der Waals surface area (Å²) in [4.78, 5) is 0. The van der Waals surface area contributed by atoms with Crippen molar-refractivity contribution in [2.75, 3.05) is 21.3 Å². The molecule has 8 aromatic carbocycles. The van der Waals surface area contributed by atoms with Crippen molar-refractivity contribution in [1.29, 1.82) is 0 Å². The molecule has 0 fully saturated rings. The lowest BCUT2D eigenvalue weighted by Gasteiger charge is -2.41. The predicted molar refractivity (Wildman–Crippen MR) is 262 cm³/mol. The van der Waals surface area contributed by atoms with E-state index in [1.807, 2.05) is 182 Å². The van der Waals surface area contributed by atoms with Gasteiger partial charge in [0, 0.05) is 35.4 Å². The highest BCUT2D eigenvalue weighted by Gasteiger charge is 2.46. The maximum atomic E-state index is 7.35. The minimum atomic E-state index is -0.735. The molecule has 1 heterocycles. The van der Waals surface area contributed by atoms with Crippen molar-refractivity contribution >= 4 is 0 Å². The van der Waals surface area contributed by atoms with E-state index in [1.165, 1.54) is 0 Å². The Balaban J connectivity index is 1.23. The summed E-state index contributed by atoms with van der Waals surface area (Å²) in [6.45, 7) is 1.56. The fraction of sp³-hybridized carbons (Fsp3) is 0.186. The number of ether oxygens (including phenoxy) is 9. The Morgan fingerprint density at radius 1 is 0.368 bits per heavy atom. The summed E-state index contributed by atoms with van der Waals surface area (Å²) in [6.07, 6.45) is -1.45. The Bertz CT molecular complexity index is 2820. The average Bonchev–Trinajstić information content (AvgIpc) is 3.40. The van der Waals surface area contributed by atoms with Gasteiger partial charge in [0.05, 0.1) is 33.9 Å². The van der Waals surface area contributed by atoms with Crippen molar-refractivity contribution < 1.29 is 42.6 Å². The van der Waals surface area contributed by atoms with Crippen LogP contribution in [0.15, 0.2) is 194 Å². The number of hydrogen-bond donors (Lipinski definition) is 0. The van der Waals surface area contributed by atoms with Gasteiger partial charge in [-0.25, -0.2) is 0 Å². The van der Waals surface area contributed by atoms with Crippen molar-refractivity contribution in [1.82, 2.24) is 0 Å². The van der Waals surface area contributed by atoms with Crippen LogP contribution in [-0.2, 0) is 37.8 Å². The van der Waals surface area contributed by atoms with Crippen LogP contribution in [0.3, 0.4) is 0 Å². The molecule has 9 heteroatoms. The summed E-state index contributed by atoms with van der Waals surface area (Å²) in [7, 11) is 4.91. The van der Waals surface area contributed by atoms with Crippen molar-refractivity contribution in [2.24, 2.45) is 0 Å². The zero-order valence-corrected chi connectivity index (χ0v) is 38.4. The molecular weight excluding hydrogens is 853 g/mol. The zero-order valence-electron chi connectivity index (χ0n) is 38.4. The maximum Gasteiger partial charge on any atom is 0.162 e. The highest BCUT2D eigenvalue weighted by molar-refractivity contribution is 5.64. The molecule has 0 N–H and O–H groups in total. The third kappa shape index (κ3) is 10.9. The van der Waals surface area contributed by atoms with E-state index in [0.717, 1.165) is 44.5 Å². The Kier molecular flexibility index (Phi) is 14.7. The molecule has 1 aliphatic rings. The molecule has 8 aromatic rings. The van der Waals surface area contributed by atoms with Gasteiger partial charge in [-0.15, -0.1) is 0 Å². The van der Waals surface area contributed by atoms with Crippen LogP contribution in [0.4, 0.5) is 0 Å². The lowest BCUT2D eigenvalue weighted by molar-refractivity contribution is -0.0576. The minimum Gasteiger partial charge on any atom is -0.496 e. The van der Waals surface area contributed by atoms with Gasteiger partial charge >= 0.3 is 0 Å². The molecule has 0 saturated carbocycles. The van der Waals surface area contributed by atoms with Gasteiger partial charge in [-0.05, 0) is 45.5 Å². The monoisotopic (exact) mass is 906 g/mol. The topological polar surface area (TPSA) is 83.1 Å². The van der Waals surface area contributed by atoms with Crippen molar-refractivity contribution in [3.63, 3.8) is 0 Å². The van der Waals surface area contributed by atoms with Gasteiger partial charge in [-0.2, -0.15) is 0 Å². The number of fused-ring (bicyclic) bond motifs is 1. The van der Waals surface area contributed by atoms with Crippen LogP contribution in [0.25, 0.3) is 0 Å². The van der Waals surface area contributed by atoms with Crippen LogP contribution in [-0.4, -0.2) is 27.4 Å². The van der Waals surface area contributed by atoms with E-state index in [0.29, 0.717) is 65.8 Å². The molecule has 0 radical (unpaired) electrons. The highest BCUT2D eigenvalue weighted by atomic mass is 16.6. The molecular formula is C59H54O9. The molecule has 0 unspecified atom stereocenters. The van der Waals surface area contributed by atoms with Crippen LogP contribution in [0.2, 0.25) is 0 Å². The largest absolute Gasteiger partial charge is 0.496 e. The Morgan fingerprint density at radius 3 is 1.29 bits per heavy atom. The number of methoxy groups -OCH3 is 3. The van der Waals surface area contributed by atoms with Crippen molar-refractivity contribution in [3.8, 4) is 46.0 Å². The first-order valence-electron chi connectivity index (χ1n) is 22.7. The highest BCUT2D eigenvalue weighted by Crippen LogP contribution is 2.56. The molecule has 0 saturated heterocycles. The van der Waals surface area contributed by atoms with Gasteiger partial charge in [0.25, 0.3) is 0 Å². The second-order valence-corrected chi connectivity index (χ2v) is 16.4. The van der Waals surface area contributed by atoms with E-state index in [9.17, 15) is 0 Å². The predicted octanol–water partition coefficient (Wildman–Crippen LogP) is 12.9. The van der Waals surface area contributed by atoms with E-state index in [2.05, 4.69) is 12.1 Å². The van der Waals surface area contributed by atoms with Gasteiger partial charge in [-0.1, -0.05) is 158 Å². The molecule has 3 atom stereocenters. The molecule has 0 aromatic heterocycles. The molecule has 0 aliphatic carbocycles.